The van der Waals surface area contributed by atoms with Gasteiger partial charge in [-0.2, -0.15) is 0 Å². The molecule has 1 aromatic rings. The number of hydrogen-bond acceptors (Lipinski definition) is 4. The molecule has 0 spiro atoms. The summed E-state index contributed by atoms with van der Waals surface area (Å²) < 4.78 is 46.2. The van der Waals surface area contributed by atoms with Crippen LogP contribution < -0.4 is 23.0 Å². The van der Waals surface area contributed by atoms with E-state index >= 15 is 0 Å². The van der Waals surface area contributed by atoms with Crippen molar-refractivity contribution in [2.75, 3.05) is 0 Å². The summed E-state index contributed by atoms with van der Waals surface area (Å²) in [4.78, 5) is 0. The van der Waals surface area contributed by atoms with E-state index in [-0.39, 0.29) is 24.6 Å². The second kappa shape index (κ2) is 4.63. The summed E-state index contributed by atoms with van der Waals surface area (Å²) in [5, 5.41) is 0. The fraction of sp³-hybridized carbons (Fsp3) is 0. The third kappa shape index (κ3) is 4.90. The van der Waals surface area contributed by atoms with Gasteiger partial charge in [0.05, 0.1) is 0 Å². The molecule has 1 rings (SSSR count). The zero-order valence-electron chi connectivity index (χ0n) is 6.73. The molecule has 1 aromatic carbocycles. The molecule has 0 amide bonds. The van der Waals surface area contributed by atoms with E-state index in [1.165, 1.54) is 0 Å². The fourth-order valence-corrected chi connectivity index (χ4v) is 0.955. The summed E-state index contributed by atoms with van der Waals surface area (Å²) in [6.45, 7) is 0. The first-order valence-electron chi connectivity index (χ1n) is 2.88. The van der Waals surface area contributed by atoms with E-state index in [9.17, 15) is 17.4 Å². The number of benzene rings is 1. The molecule has 0 atom stereocenters. The van der Waals surface area contributed by atoms with E-state index < -0.39 is 16.2 Å². The van der Waals surface area contributed by atoms with Crippen molar-refractivity contribution in [1.82, 2.24) is 0 Å². The first-order chi connectivity index (χ1) is 5.47. The Bertz CT molecular complexity index is 361. The Morgan fingerprint density at radius 3 is 2.08 bits per heavy atom. The van der Waals surface area contributed by atoms with Crippen molar-refractivity contribution in [2.45, 2.75) is 0 Å². The standard InChI is InChI=1S/C6H5FO4S.Li/c7-5-1-3-6(4-2-5)11-12(8,9)10;/h1-4H,(H,8,9,10);/q;+1/p-1. The maximum Gasteiger partial charge on any atom is 1.00 e. The molecule has 66 valence electrons. The normalized spacial score (nSPS) is 10.3. The second-order valence-electron chi connectivity index (χ2n) is 1.95. The average Bonchev–Trinajstić information content (AvgIpc) is 1.91. The van der Waals surface area contributed by atoms with Crippen LogP contribution in [-0.2, 0) is 10.4 Å². The summed E-state index contributed by atoms with van der Waals surface area (Å²) in [5.41, 5.74) is 0. The smallest absolute Gasteiger partial charge is 0.716 e. The van der Waals surface area contributed by atoms with Crippen LogP contribution in [0.2, 0.25) is 0 Å². The van der Waals surface area contributed by atoms with Crippen LogP contribution in [0.1, 0.15) is 0 Å². The van der Waals surface area contributed by atoms with Gasteiger partial charge in [-0.3, -0.25) is 0 Å². The van der Waals surface area contributed by atoms with Gasteiger partial charge in [0.2, 0.25) is 0 Å². The first-order valence-corrected chi connectivity index (χ1v) is 4.21. The molecule has 13 heavy (non-hydrogen) atoms. The zero-order chi connectivity index (χ0) is 9.19. The van der Waals surface area contributed by atoms with Gasteiger partial charge in [-0.25, -0.2) is 12.8 Å². The molecule has 0 fully saturated rings. The zero-order valence-corrected chi connectivity index (χ0v) is 7.55. The van der Waals surface area contributed by atoms with Gasteiger partial charge in [0.15, 0.2) is 0 Å². The molecule has 0 N–H and O–H groups in total. The van der Waals surface area contributed by atoms with E-state index in [1.54, 1.807) is 0 Å². The molecule has 0 heterocycles. The van der Waals surface area contributed by atoms with Gasteiger partial charge in [-0.1, -0.05) is 0 Å². The first kappa shape index (κ1) is 12.5. The second-order valence-corrected chi connectivity index (χ2v) is 2.93. The molecule has 0 saturated carbocycles. The van der Waals surface area contributed by atoms with Gasteiger partial charge in [0, 0.05) is 0 Å². The number of halogens is 1. The number of rotatable bonds is 2. The maximum absolute atomic E-state index is 12.2. The largest absolute Gasteiger partial charge is 1.00 e. The Morgan fingerprint density at radius 1 is 1.23 bits per heavy atom. The van der Waals surface area contributed by atoms with E-state index in [0.717, 1.165) is 24.3 Å². The van der Waals surface area contributed by atoms with Crippen molar-refractivity contribution in [3.8, 4) is 5.75 Å². The Kier molecular flexibility index (Phi) is 4.43. The Balaban J connectivity index is 0.00000144. The summed E-state index contributed by atoms with van der Waals surface area (Å²) in [6, 6.07) is 4.07. The molecule has 0 aliphatic carbocycles. The van der Waals surface area contributed by atoms with Gasteiger partial charge < -0.3 is 8.74 Å². The van der Waals surface area contributed by atoms with Crippen LogP contribution in [0.4, 0.5) is 4.39 Å². The fourth-order valence-electron chi connectivity index (χ4n) is 0.608. The summed E-state index contributed by atoms with van der Waals surface area (Å²) in [5.74, 6) is -0.739. The molecule has 0 aromatic heterocycles. The maximum atomic E-state index is 12.2. The summed E-state index contributed by atoms with van der Waals surface area (Å²) in [6.07, 6.45) is 0. The predicted octanol–water partition coefficient (Wildman–Crippen LogP) is -2.33. The summed E-state index contributed by atoms with van der Waals surface area (Å²) in [7, 11) is -4.76. The Labute approximate surface area is 86.8 Å². The van der Waals surface area contributed by atoms with E-state index in [1.807, 2.05) is 0 Å². The molecule has 0 radical (unpaired) electrons. The van der Waals surface area contributed by atoms with E-state index in [4.69, 9.17) is 0 Å². The van der Waals surface area contributed by atoms with E-state index in [0.29, 0.717) is 0 Å². The molecule has 0 bridgehead atoms. The third-order valence-electron chi connectivity index (χ3n) is 1.01. The van der Waals surface area contributed by atoms with Crippen molar-refractivity contribution in [3.63, 3.8) is 0 Å². The minimum absolute atomic E-state index is 0. The van der Waals surface area contributed by atoms with Crippen LogP contribution in [0.3, 0.4) is 0 Å². The SMILES string of the molecule is O=S(=O)([O-])Oc1ccc(F)cc1.[Li+]. The molecule has 0 saturated heterocycles. The van der Waals surface area contributed by atoms with Gasteiger partial charge in [-0.15, -0.1) is 0 Å². The molecular weight excluding hydrogens is 194 g/mol. The van der Waals surface area contributed by atoms with Gasteiger partial charge in [0.1, 0.15) is 11.6 Å². The van der Waals surface area contributed by atoms with Gasteiger partial charge in [0.25, 0.3) is 10.4 Å². The third-order valence-corrected chi connectivity index (χ3v) is 1.41. The Hall–Kier alpha value is -0.543. The van der Waals surface area contributed by atoms with Crippen LogP contribution in [0, 0.1) is 5.82 Å². The molecule has 0 aliphatic heterocycles. The monoisotopic (exact) mass is 198 g/mol. The molecule has 7 heteroatoms. The molecular formula is C6H4FLiO4S. The van der Waals surface area contributed by atoms with Gasteiger partial charge >= 0.3 is 18.9 Å². The van der Waals surface area contributed by atoms with Crippen LogP contribution in [0.15, 0.2) is 24.3 Å². The van der Waals surface area contributed by atoms with Gasteiger partial charge in [-0.05, 0) is 24.3 Å². The minimum Gasteiger partial charge on any atom is -0.716 e. The van der Waals surface area contributed by atoms with Crippen LogP contribution in [-0.4, -0.2) is 13.0 Å². The molecule has 0 unspecified atom stereocenters. The molecule has 4 nitrogen and oxygen atoms in total. The van der Waals surface area contributed by atoms with Crippen molar-refractivity contribution in [3.05, 3.63) is 30.1 Å². The summed E-state index contributed by atoms with van der Waals surface area (Å²) >= 11 is 0. The number of hydrogen-bond donors (Lipinski definition) is 0. The van der Waals surface area contributed by atoms with Crippen molar-refractivity contribution in [2.24, 2.45) is 0 Å². The Morgan fingerprint density at radius 2 is 1.69 bits per heavy atom. The van der Waals surface area contributed by atoms with Crippen LogP contribution in [0.5, 0.6) is 5.75 Å². The van der Waals surface area contributed by atoms with Crippen LogP contribution in [0.25, 0.3) is 0 Å². The topological polar surface area (TPSA) is 66.4 Å². The predicted molar refractivity (Wildman–Crippen MR) is 36.7 cm³/mol. The molecule has 0 aliphatic rings. The average molecular weight is 198 g/mol. The van der Waals surface area contributed by atoms with Crippen molar-refractivity contribution < 1.29 is 40.4 Å². The minimum atomic E-state index is -4.76. The van der Waals surface area contributed by atoms with Crippen molar-refractivity contribution >= 4 is 10.4 Å². The van der Waals surface area contributed by atoms with Crippen LogP contribution >= 0.6 is 0 Å². The van der Waals surface area contributed by atoms with Crippen molar-refractivity contribution in [1.29, 1.82) is 0 Å². The quantitative estimate of drug-likeness (QED) is 0.303. The van der Waals surface area contributed by atoms with E-state index in [2.05, 4.69) is 4.18 Å².